The molecule has 1 atom stereocenters. The summed E-state index contributed by atoms with van der Waals surface area (Å²) in [6, 6.07) is 8.20. The van der Waals surface area contributed by atoms with Crippen molar-refractivity contribution in [3.8, 4) is 11.5 Å². The molecule has 0 saturated heterocycles. The van der Waals surface area contributed by atoms with Crippen molar-refractivity contribution in [3.63, 3.8) is 0 Å². The van der Waals surface area contributed by atoms with E-state index >= 15 is 0 Å². The minimum Gasteiger partial charge on any atom is -0.493 e. The summed E-state index contributed by atoms with van der Waals surface area (Å²) in [7, 11) is 3.09. The normalized spacial score (nSPS) is 11.9. The van der Waals surface area contributed by atoms with Gasteiger partial charge in [0.1, 0.15) is 0 Å². The molecule has 2 rings (SSSR count). The number of thiophene rings is 1. The van der Waals surface area contributed by atoms with E-state index in [1.54, 1.807) is 35.4 Å². The van der Waals surface area contributed by atoms with E-state index in [2.05, 4.69) is 10.1 Å². The molecular weight excluding hydrogens is 350 g/mol. The number of urea groups is 1. The largest absolute Gasteiger partial charge is 0.493 e. The molecule has 0 aliphatic rings. The minimum absolute atomic E-state index is 0.0450. The molecule has 0 spiro atoms. The average Bonchev–Trinajstić information content (AvgIpc) is 3.13. The number of amides is 2. The van der Waals surface area contributed by atoms with E-state index < -0.39 is 6.61 Å². The molecule has 2 amide bonds. The first kappa shape index (κ1) is 19.0. The fourth-order valence-electron chi connectivity index (χ4n) is 2.21. The first-order valence-electron chi connectivity index (χ1n) is 7.58. The summed E-state index contributed by atoms with van der Waals surface area (Å²) in [5, 5.41) is 4.77. The monoisotopic (exact) mass is 370 g/mol. The van der Waals surface area contributed by atoms with Crippen molar-refractivity contribution in [1.29, 1.82) is 0 Å². The molecule has 0 saturated carbocycles. The van der Waals surface area contributed by atoms with Gasteiger partial charge in [-0.1, -0.05) is 12.1 Å². The molecule has 1 aromatic carbocycles. The number of carbonyl (C=O) groups is 1. The number of nitrogens with one attached hydrogen (secondary N) is 1. The van der Waals surface area contributed by atoms with Gasteiger partial charge in [-0.25, -0.2) is 4.79 Å². The summed E-state index contributed by atoms with van der Waals surface area (Å²) in [5.41, 5.74) is 0.712. The number of rotatable bonds is 7. The van der Waals surface area contributed by atoms with E-state index in [1.807, 2.05) is 24.4 Å². The fourth-order valence-corrected chi connectivity index (χ4v) is 3.04. The van der Waals surface area contributed by atoms with Crippen LogP contribution in [0, 0.1) is 0 Å². The number of benzene rings is 1. The molecule has 0 aliphatic heterocycles. The van der Waals surface area contributed by atoms with Gasteiger partial charge in [0, 0.05) is 18.5 Å². The van der Waals surface area contributed by atoms with E-state index in [9.17, 15) is 13.6 Å². The summed E-state index contributed by atoms with van der Waals surface area (Å²) < 4.78 is 34.1. The van der Waals surface area contributed by atoms with Crippen LogP contribution in [-0.4, -0.2) is 31.7 Å². The Kier molecular flexibility index (Phi) is 6.58. The second-order valence-corrected chi connectivity index (χ2v) is 6.30. The predicted molar refractivity (Wildman–Crippen MR) is 92.4 cm³/mol. The first-order valence-corrected chi connectivity index (χ1v) is 8.46. The smallest absolute Gasteiger partial charge is 0.387 e. The lowest BCUT2D eigenvalue weighted by Gasteiger charge is -2.24. The maximum Gasteiger partial charge on any atom is 0.387 e. The number of nitrogens with zero attached hydrogens (tertiary/aromatic N) is 1. The van der Waals surface area contributed by atoms with Gasteiger partial charge in [0.2, 0.25) is 0 Å². The van der Waals surface area contributed by atoms with E-state index in [0.717, 1.165) is 4.88 Å². The molecule has 2 aromatic rings. The van der Waals surface area contributed by atoms with Crippen molar-refractivity contribution in [3.05, 3.63) is 46.2 Å². The van der Waals surface area contributed by atoms with Crippen molar-refractivity contribution in [2.75, 3.05) is 14.2 Å². The van der Waals surface area contributed by atoms with Crippen LogP contribution in [-0.2, 0) is 6.54 Å². The second kappa shape index (κ2) is 8.66. The standard InChI is InChI=1S/C17H20F2N2O3S/c1-11(15-5-4-8-25-15)21(2)17(22)20-10-12-6-7-13(24-16(18)19)14(9-12)23-3/h4-9,11,16H,10H2,1-3H3,(H,20,22)/t11-/m0/s1. The first-order chi connectivity index (χ1) is 11.9. The lowest BCUT2D eigenvalue weighted by molar-refractivity contribution is -0.0512. The van der Waals surface area contributed by atoms with E-state index in [0.29, 0.717) is 5.56 Å². The molecule has 0 fully saturated rings. The van der Waals surface area contributed by atoms with E-state index in [-0.39, 0.29) is 30.1 Å². The number of methoxy groups -OCH3 is 1. The van der Waals surface area contributed by atoms with Crippen molar-refractivity contribution in [2.24, 2.45) is 0 Å². The number of carbonyl (C=O) groups excluding carboxylic acids is 1. The molecule has 25 heavy (non-hydrogen) atoms. The Bertz CT molecular complexity index is 695. The highest BCUT2D eigenvalue weighted by molar-refractivity contribution is 7.10. The third-order valence-electron chi connectivity index (χ3n) is 3.74. The van der Waals surface area contributed by atoms with Crippen LogP contribution in [0.4, 0.5) is 13.6 Å². The fraction of sp³-hybridized carbons (Fsp3) is 0.353. The quantitative estimate of drug-likeness (QED) is 0.792. The number of halogens is 2. The third kappa shape index (κ3) is 5.06. The Labute approximate surface area is 149 Å². The molecule has 1 N–H and O–H groups in total. The van der Waals surface area contributed by atoms with Gasteiger partial charge in [0.25, 0.3) is 0 Å². The van der Waals surface area contributed by atoms with Gasteiger partial charge in [-0.05, 0) is 36.1 Å². The van der Waals surface area contributed by atoms with E-state index in [1.165, 1.54) is 13.2 Å². The maximum absolute atomic E-state index is 12.3. The van der Waals surface area contributed by atoms with Crippen LogP contribution < -0.4 is 14.8 Å². The number of hydrogen-bond acceptors (Lipinski definition) is 4. The van der Waals surface area contributed by atoms with Gasteiger partial charge in [-0.15, -0.1) is 11.3 Å². The number of alkyl halides is 2. The van der Waals surface area contributed by atoms with Gasteiger partial charge < -0.3 is 19.7 Å². The molecule has 0 bridgehead atoms. The van der Waals surface area contributed by atoms with Crippen LogP contribution in [0.2, 0.25) is 0 Å². The number of ether oxygens (including phenoxy) is 2. The van der Waals surface area contributed by atoms with Crippen molar-refractivity contribution >= 4 is 17.4 Å². The zero-order chi connectivity index (χ0) is 18.4. The molecule has 1 aromatic heterocycles. The summed E-state index contributed by atoms with van der Waals surface area (Å²) in [6.07, 6.45) is 0. The Hall–Kier alpha value is -2.35. The summed E-state index contributed by atoms with van der Waals surface area (Å²) in [6.45, 7) is -0.733. The molecule has 5 nitrogen and oxygen atoms in total. The van der Waals surface area contributed by atoms with Crippen LogP contribution >= 0.6 is 11.3 Å². The van der Waals surface area contributed by atoms with Crippen LogP contribution in [0.15, 0.2) is 35.7 Å². The summed E-state index contributed by atoms with van der Waals surface area (Å²) in [4.78, 5) is 15.0. The highest BCUT2D eigenvalue weighted by Gasteiger charge is 2.18. The molecule has 0 aliphatic carbocycles. The zero-order valence-electron chi connectivity index (χ0n) is 14.2. The average molecular weight is 370 g/mol. The zero-order valence-corrected chi connectivity index (χ0v) is 15.0. The molecule has 0 radical (unpaired) electrons. The third-order valence-corrected chi connectivity index (χ3v) is 4.79. The number of hydrogen-bond donors (Lipinski definition) is 1. The Balaban J connectivity index is 1.97. The van der Waals surface area contributed by atoms with Gasteiger partial charge in [-0.2, -0.15) is 8.78 Å². The Morgan fingerprint density at radius 2 is 2.08 bits per heavy atom. The second-order valence-electron chi connectivity index (χ2n) is 5.32. The molecule has 136 valence electrons. The summed E-state index contributed by atoms with van der Waals surface area (Å²) in [5.74, 6) is 0.142. The van der Waals surface area contributed by atoms with Crippen LogP contribution in [0.3, 0.4) is 0 Å². The highest BCUT2D eigenvalue weighted by atomic mass is 32.1. The van der Waals surface area contributed by atoms with Crippen molar-refractivity contribution in [1.82, 2.24) is 10.2 Å². The van der Waals surface area contributed by atoms with Gasteiger partial charge in [-0.3, -0.25) is 0 Å². The lowest BCUT2D eigenvalue weighted by atomic mass is 10.2. The molecule has 0 unspecified atom stereocenters. The lowest BCUT2D eigenvalue weighted by Crippen LogP contribution is -2.38. The maximum atomic E-state index is 12.3. The molecule has 1 heterocycles. The van der Waals surface area contributed by atoms with Crippen LogP contribution in [0.5, 0.6) is 11.5 Å². The van der Waals surface area contributed by atoms with Gasteiger partial charge >= 0.3 is 12.6 Å². The van der Waals surface area contributed by atoms with Crippen molar-refractivity contribution in [2.45, 2.75) is 26.1 Å². The van der Waals surface area contributed by atoms with E-state index in [4.69, 9.17) is 4.74 Å². The SMILES string of the molecule is COc1cc(CNC(=O)N(C)[C@@H](C)c2cccs2)ccc1OC(F)F. The molecule has 8 heteroatoms. The highest BCUT2D eigenvalue weighted by Crippen LogP contribution is 2.29. The summed E-state index contributed by atoms with van der Waals surface area (Å²) >= 11 is 1.59. The Morgan fingerprint density at radius 3 is 2.68 bits per heavy atom. The van der Waals surface area contributed by atoms with Gasteiger partial charge in [0.05, 0.1) is 13.2 Å². The van der Waals surface area contributed by atoms with Crippen LogP contribution in [0.25, 0.3) is 0 Å². The van der Waals surface area contributed by atoms with Gasteiger partial charge in [0.15, 0.2) is 11.5 Å². The molecular formula is C17H20F2N2O3S. The predicted octanol–water partition coefficient (Wildman–Crippen LogP) is 4.26. The van der Waals surface area contributed by atoms with Crippen LogP contribution in [0.1, 0.15) is 23.4 Å². The van der Waals surface area contributed by atoms with Crippen molar-refractivity contribution < 1.29 is 23.0 Å². The Morgan fingerprint density at radius 1 is 1.32 bits per heavy atom. The minimum atomic E-state index is -2.92. The topological polar surface area (TPSA) is 50.8 Å².